The molecular weight excluding hydrogens is 289 g/mol. The van der Waals surface area contributed by atoms with Crippen LogP contribution < -0.4 is 15.0 Å². The molecule has 0 spiro atoms. The monoisotopic (exact) mass is 301 g/mol. The number of rotatable bonds is 3. The van der Waals surface area contributed by atoms with Crippen molar-refractivity contribution in [2.45, 2.75) is 6.42 Å². The van der Waals surface area contributed by atoms with E-state index in [4.69, 9.17) is 4.74 Å². The number of nitrogens with one attached hydrogen (secondary N) is 1. The Bertz CT molecular complexity index is 718. The molecule has 1 N–H and O–H groups in total. The number of imide groups is 1. The van der Waals surface area contributed by atoms with E-state index in [1.165, 1.54) is 29.3 Å². The number of benzene rings is 1. The fourth-order valence-corrected chi connectivity index (χ4v) is 2.05. The van der Waals surface area contributed by atoms with Crippen molar-refractivity contribution in [2.24, 2.45) is 0 Å². The molecule has 112 valence electrons. The molecule has 0 atom stereocenters. The third-order valence-corrected chi connectivity index (χ3v) is 3.10. The highest BCUT2D eigenvalue weighted by Crippen LogP contribution is 2.23. The largest absolute Gasteiger partial charge is 0.439 e. The number of pyridine rings is 1. The van der Waals surface area contributed by atoms with Gasteiger partial charge >= 0.3 is 6.03 Å². The second-order valence-electron chi connectivity index (χ2n) is 4.67. The second-order valence-corrected chi connectivity index (χ2v) is 4.67. The van der Waals surface area contributed by atoms with Crippen molar-refractivity contribution in [2.75, 3.05) is 11.4 Å². The number of carbonyl (C=O) groups is 2. The molecule has 0 unspecified atom stereocenters. The molecule has 0 saturated carbocycles. The van der Waals surface area contributed by atoms with Crippen molar-refractivity contribution in [3.05, 3.63) is 48.4 Å². The van der Waals surface area contributed by atoms with Crippen molar-refractivity contribution in [1.82, 2.24) is 10.3 Å². The number of halogens is 1. The SMILES string of the molecule is O=C1CCN(c2ccc(Oc3cccc(F)c3)nc2)C(=O)N1. The molecule has 2 aromatic rings. The number of hydrogen-bond acceptors (Lipinski definition) is 4. The van der Waals surface area contributed by atoms with Crippen molar-refractivity contribution in [3.63, 3.8) is 0 Å². The predicted octanol–water partition coefficient (Wildman–Crippen LogP) is 2.46. The summed E-state index contributed by atoms with van der Waals surface area (Å²) in [5.74, 6) is -0.0755. The lowest BCUT2D eigenvalue weighted by Gasteiger charge is -2.26. The van der Waals surface area contributed by atoms with Gasteiger partial charge in [-0.2, -0.15) is 0 Å². The molecular formula is C15H12FN3O3. The van der Waals surface area contributed by atoms with Gasteiger partial charge in [0.15, 0.2) is 0 Å². The lowest BCUT2D eigenvalue weighted by Crippen LogP contribution is -2.49. The number of nitrogens with zero attached hydrogens (tertiary/aromatic N) is 2. The summed E-state index contributed by atoms with van der Waals surface area (Å²) in [4.78, 5) is 28.3. The number of aromatic nitrogens is 1. The average molecular weight is 301 g/mol. The summed E-state index contributed by atoms with van der Waals surface area (Å²) in [5.41, 5.74) is 0.552. The van der Waals surface area contributed by atoms with Crippen LogP contribution in [0.4, 0.5) is 14.9 Å². The van der Waals surface area contributed by atoms with Gasteiger partial charge in [-0.1, -0.05) is 6.07 Å². The minimum Gasteiger partial charge on any atom is -0.439 e. The highest BCUT2D eigenvalue weighted by molar-refractivity contribution is 6.05. The first-order chi connectivity index (χ1) is 10.6. The minimum absolute atomic E-state index is 0.243. The van der Waals surface area contributed by atoms with Gasteiger partial charge in [0.2, 0.25) is 11.8 Å². The van der Waals surface area contributed by atoms with Gasteiger partial charge in [0.05, 0.1) is 11.9 Å². The van der Waals surface area contributed by atoms with E-state index in [-0.39, 0.29) is 18.2 Å². The van der Waals surface area contributed by atoms with Gasteiger partial charge < -0.3 is 4.74 Å². The molecule has 3 amide bonds. The molecule has 1 aromatic heterocycles. The molecule has 2 heterocycles. The maximum atomic E-state index is 13.1. The van der Waals surface area contributed by atoms with Crippen molar-refractivity contribution >= 4 is 17.6 Å². The first kappa shape index (κ1) is 14.0. The van der Waals surface area contributed by atoms with E-state index in [2.05, 4.69) is 10.3 Å². The Labute approximate surface area is 125 Å². The topological polar surface area (TPSA) is 71.5 Å². The third kappa shape index (κ3) is 3.03. The van der Waals surface area contributed by atoms with Crippen LogP contribution in [-0.2, 0) is 4.79 Å². The number of anilines is 1. The Morgan fingerprint density at radius 3 is 2.77 bits per heavy atom. The summed E-state index contributed by atoms with van der Waals surface area (Å²) in [6, 6.07) is 8.47. The van der Waals surface area contributed by atoms with E-state index >= 15 is 0 Å². The summed E-state index contributed by atoms with van der Waals surface area (Å²) in [5, 5.41) is 2.24. The summed E-state index contributed by atoms with van der Waals surface area (Å²) in [7, 11) is 0. The van der Waals surface area contributed by atoms with Crippen LogP contribution in [-0.4, -0.2) is 23.5 Å². The van der Waals surface area contributed by atoms with Crippen molar-refractivity contribution in [1.29, 1.82) is 0 Å². The number of urea groups is 1. The zero-order valence-electron chi connectivity index (χ0n) is 11.5. The Balaban J connectivity index is 1.73. The molecule has 1 aliphatic heterocycles. The van der Waals surface area contributed by atoms with Gasteiger partial charge in [-0.15, -0.1) is 0 Å². The maximum absolute atomic E-state index is 13.1. The molecule has 0 aliphatic carbocycles. The zero-order chi connectivity index (χ0) is 15.5. The quantitative estimate of drug-likeness (QED) is 0.945. The molecule has 3 rings (SSSR count). The van der Waals surface area contributed by atoms with E-state index in [1.54, 1.807) is 18.2 Å². The lowest BCUT2D eigenvalue weighted by molar-refractivity contribution is -0.120. The normalized spacial score (nSPS) is 14.7. The third-order valence-electron chi connectivity index (χ3n) is 3.10. The van der Waals surface area contributed by atoms with Crippen LogP contribution in [0.25, 0.3) is 0 Å². The molecule has 7 heteroatoms. The van der Waals surface area contributed by atoms with Gasteiger partial charge in [-0.3, -0.25) is 15.0 Å². The molecule has 0 radical (unpaired) electrons. The minimum atomic E-state index is -0.475. The Morgan fingerprint density at radius 1 is 1.23 bits per heavy atom. The maximum Gasteiger partial charge on any atom is 0.328 e. The van der Waals surface area contributed by atoms with Crippen LogP contribution in [0.3, 0.4) is 0 Å². The van der Waals surface area contributed by atoms with Crippen LogP contribution in [0.15, 0.2) is 42.6 Å². The predicted molar refractivity (Wildman–Crippen MR) is 76.2 cm³/mol. The Hall–Kier alpha value is -2.96. The molecule has 1 aliphatic rings. The molecule has 6 nitrogen and oxygen atoms in total. The van der Waals surface area contributed by atoms with E-state index in [1.807, 2.05) is 0 Å². The van der Waals surface area contributed by atoms with Crippen LogP contribution in [0, 0.1) is 5.82 Å². The standard InChI is InChI=1S/C15H12FN3O3/c16-10-2-1-3-12(8-10)22-14-5-4-11(9-17-14)19-7-6-13(20)18-15(19)21/h1-5,8-9H,6-7H2,(H,18,20,21). The zero-order valence-corrected chi connectivity index (χ0v) is 11.5. The first-order valence-corrected chi connectivity index (χ1v) is 6.63. The van der Waals surface area contributed by atoms with Gasteiger partial charge in [-0.05, 0) is 18.2 Å². The van der Waals surface area contributed by atoms with E-state index in [0.29, 0.717) is 18.0 Å². The highest BCUT2D eigenvalue weighted by atomic mass is 19.1. The average Bonchev–Trinajstić information content (AvgIpc) is 2.48. The van der Waals surface area contributed by atoms with Crippen molar-refractivity contribution in [3.8, 4) is 11.6 Å². The number of carbonyl (C=O) groups excluding carboxylic acids is 2. The molecule has 22 heavy (non-hydrogen) atoms. The number of hydrogen-bond donors (Lipinski definition) is 1. The fourth-order valence-electron chi connectivity index (χ4n) is 2.05. The number of amides is 3. The van der Waals surface area contributed by atoms with Crippen LogP contribution >= 0.6 is 0 Å². The van der Waals surface area contributed by atoms with Gasteiger partial charge in [0.1, 0.15) is 11.6 Å². The first-order valence-electron chi connectivity index (χ1n) is 6.63. The molecule has 1 saturated heterocycles. The summed E-state index contributed by atoms with van der Waals surface area (Å²) < 4.78 is 18.5. The van der Waals surface area contributed by atoms with Gasteiger partial charge in [-0.25, -0.2) is 14.2 Å². The fraction of sp³-hybridized carbons (Fsp3) is 0.133. The molecule has 1 aromatic carbocycles. The highest BCUT2D eigenvalue weighted by Gasteiger charge is 2.24. The molecule has 0 bridgehead atoms. The lowest BCUT2D eigenvalue weighted by atomic mass is 10.3. The summed E-state index contributed by atoms with van der Waals surface area (Å²) in [6.45, 7) is 0.302. The van der Waals surface area contributed by atoms with Crippen molar-refractivity contribution < 1.29 is 18.7 Å². The summed E-state index contributed by atoms with van der Waals surface area (Å²) >= 11 is 0. The number of ether oxygens (including phenoxy) is 1. The second kappa shape index (κ2) is 5.80. The van der Waals surface area contributed by atoms with Gasteiger partial charge in [0, 0.05) is 25.1 Å². The smallest absolute Gasteiger partial charge is 0.328 e. The van der Waals surface area contributed by atoms with Crippen LogP contribution in [0.5, 0.6) is 11.6 Å². The van der Waals surface area contributed by atoms with E-state index in [9.17, 15) is 14.0 Å². The van der Waals surface area contributed by atoms with Crippen LogP contribution in [0.2, 0.25) is 0 Å². The van der Waals surface area contributed by atoms with Gasteiger partial charge in [0.25, 0.3) is 0 Å². The van der Waals surface area contributed by atoms with E-state index < -0.39 is 11.8 Å². The summed E-state index contributed by atoms with van der Waals surface area (Å²) in [6.07, 6.45) is 1.71. The van der Waals surface area contributed by atoms with E-state index in [0.717, 1.165) is 0 Å². The molecule has 1 fully saturated rings. The Morgan fingerprint density at radius 2 is 2.09 bits per heavy atom. The van der Waals surface area contributed by atoms with Crippen LogP contribution in [0.1, 0.15) is 6.42 Å². The Kier molecular flexibility index (Phi) is 3.69.